The van der Waals surface area contributed by atoms with Crippen molar-refractivity contribution in [2.45, 2.75) is 63.9 Å². The van der Waals surface area contributed by atoms with E-state index >= 15 is 0 Å². The van der Waals surface area contributed by atoms with E-state index in [0.717, 1.165) is 41.6 Å². The Balaban J connectivity index is 1.29. The predicted octanol–water partition coefficient (Wildman–Crippen LogP) is 5.80. The first-order valence-corrected chi connectivity index (χ1v) is 14.1. The van der Waals surface area contributed by atoms with Crippen LogP contribution < -0.4 is 4.74 Å². The molecule has 0 N–H and O–H groups in total. The number of benzene rings is 2. The maximum absolute atomic E-state index is 13.9. The second-order valence-corrected chi connectivity index (χ2v) is 11.2. The molecule has 2 aliphatic rings. The van der Waals surface area contributed by atoms with Gasteiger partial charge in [-0.3, -0.25) is 9.69 Å². The highest BCUT2D eigenvalue weighted by Crippen LogP contribution is 2.33. The molecule has 10 heteroatoms. The van der Waals surface area contributed by atoms with E-state index < -0.39 is 17.7 Å². The number of carbonyl (C=O) groups excluding carboxylic acids is 1. The molecule has 2 aromatic carbocycles. The summed E-state index contributed by atoms with van der Waals surface area (Å²) in [5.41, 5.74) is 1.54. The molecule has 4 atom stereocenters. The molecule has 2 unspecified atom stereocenters. The van der Waals surface area contributed by atoms with Gasteiger partial charge in [0.15, 0.2) is 11.6 Å². The van der Waals surface area contributed by atoms with Crippen LogP contribution in [0.1, 0.15) is 56.5 Å². The lowest BCUT2D eigenvalue weighted by Gasteiger charge is -2.44. The summed E-state index contributed by atoms with van der Waals surface area (Å²) in [7, 11) is 0. The number of allylic oxidation sites excluding steroid dienone is 2. The molecule has 0 radical (unpaired) electrons. The number of rotatable bonds is 7. The number of nitrogens with zero attached hydrogens (tertiary/aromatic N) is 5. The van der Waals surface area contributed by atoms with Crippen LogP contribution in [0.2, 0.25) is 0 Å². The fraction of sp³-hybridized carbons (Fsp3) is 0.414. The normalized spacial score (nSPS) is 22.8. The molecule has 206 valence electrons. The van der Waals surface area contributed by atoms with Crippen LogP contribution in [-0.4, -0.2) is 55.9 Å². The van der Waals surface area contributed by atoms with Gasteiger partial charge in [0.25, 0.3) is 5.91 Å². The van der Waals surface area contributed by atoms with E-state index in [-0.39, 0.29) is 29.8 Å². The van der Waals surface area contributed by atoms with Crippen molar-refractivity contribution < 1.29 is 18.3 Å². The maximum Gasteiger partial charge on any atom is 0.268 e. The van der Waals surface area contributed by atoms with E-state index in [1.54, 1.807) is 17.0 Å². The molecule has 7 nitrogen and oxygen atoms in total. The van der Waals surface area contributed by atoms with Crippen molar-refractivity contribution in [1.82, 2.24) is 24.8 Å². The van der Waals surface area contributed by atoms with Crippen LogP contribution in [0.15, 0.2) is 65.3 Å². The number of halogens is 3. The first-order chi connectivity index (χ1) is 18.8. The number of amides is 1. The summed E-state index contributed by atoms with van der Waals surface area (Å²) < 4.78 is 36.4. The Labute approximate surface area is 235 Å². The van der Waals surface area contributed by atoms with Gasteiger partial charge in [-0.25, -0.2) is 13.5 Å². The quantitative estimate of drug-likeness (QED) is 0.343. The van der Waals surface area contributed by atoms with Gasteiger partial charge in [-0.05, 0) is 45.2 Å². The third-order valence-corrected chi connectivity index (χ3v) is 8.30. The minimum absolute atomic E-state index is 0.0591. The van der Waals surface area contributed by atoms with Crippen LogP contribution in [0, 0.1) is 11.6 Å². The maximum atomic E-state index is 13.9. The number of hydrogen-bond acceptors (Lipinski definition) is 5. The van der Waals surface area contributed by atoms with E-state index in [1.165, 1.54) is 6.07 Å². The van der Waals surface area contributed by atoms with Crippen LogP contribution >= 0.6 is 15.9 Å². The van der Waals surface area contributed by atoms with Gasteiger partial charge in [-0.2, -0.15) is 0 Å². The Kier molecular flexibility index (Phi) is 8.42. The molecule has 39 heavy (non-hydrogen) atoms. The predicted molar refractivity (Wildman–Crippen MR) is 147 cm³/mol. The van der Waals surface area contributed by atoms with Crippen LogP contribution in [0.5, 0.6) is 5.75 Å². The molecule has 0 saturated carbocycles. The number of aromatic nitrogens is 3. The first-order valence-electron chi connectivity index (χ1n) is 13.3. The average molecular weight is 601 g/mol. The molecule has 1 aliphatic carbocycles. The fourth-order valence-electron chi connectivity index (χ4n) is 5.40. The number of piperazine rings is 1. The van der Waals surface area contributed by atoms with Gasteiger partial charge in [0, 0.05) is 47.8 Å². The third kappa shape index (κ3) is 6.22. The van der Waals surface area contributed by atoms with Crippen molar-refractivity contribution in [2.24, 2.45) is 0 Å². The van der Waals surface area contributed by atoms with Gasteiger partial charge >= 0.3 is 0 Å². The van der Waals surface area contributed by atoms with Gasteiger partial charge in [-0.1, -0.05) is 57.6 Å². The summed E-state index contributed by atoms with van der Waals surface area (Å²) in [6.45, 7) is 5.81. The second kappa shape index (κ2) is 12.0. The molecule has 1 amide bonds. The lowest BCUT2D eigenvalue weighted by molar-refractivity contribution is -0.143. The highest BCUT2D eigenvalue weighted by molar-refractivity contribution is 9.11. The van der Waals surface area contributed by atoms with Crippen molar-refractivity contribution >= 4 is 21.8 Å². The molecule has 1 aliphatic heterocycles. The zero-order chi connectivity index (χ0) is 27.5. The molecule has 1 saturated heterocycles. The highest BCUT2D eigenvalue weighted by Gasteiger charge is 2.36. The Morgan fingerprint density at radius 1 is 1.10 bits per heavy atom. The van der Waals surface area contributed by atoms with E-state index in [4.69, 9.17) is 4.74 Å². The van der Waals surface area contributed by atoms with Crippen LogP contribution in [0.4, 0.5) is 8.78 Å². The standard InChI is InChI=1S/C29H32BrF2N5O2/c1-19-15-35(16-20(2)36(19)17-22-18-37(34-33-22)27-11-7-6-10-24(27)30)29(38)28(21-8-4-3-5-9-21)39-23-12-13-25(31)26(32)14-23/h3-5,8-10,12-14,18-20,27-28H,6-7,11,15-17H2,1-2H3/t19-,20+,27?,28?. The van der Waals surface area contributed by atoms with Crippen molar-refractivity contribution in [3.8, 4) is 5.75 Å². The summed E-state index contributed by atoms with van der Waals surface area (Å²) in [5, 5.41) is 8.83. The molecule has 3 aromatic rings. The van der Waals surface area contributed by atoms with Crippen molar-refractivity contribution in [1.29, 1.82) is 0 Å². The van der Waals surface area contributed by atoms with Gasteiger partial charge in [0.2, 0.25) is 6.10 Å². The minimum atomic E-state index is -1.02. The smallest absolute Gasteiger partial charge is 0.268 e. The Morgan fingerprint density at radius 2 is 1.85 bits per heavy atom. The SMILES string of the molecule is C[C@@H]1CN(C(=O)C(Oc2ccc(F)c(F)c2)c2ccccc2)C[C@H](C)N1Cc1cn(C2CCCC=C2Br)nn1. The van der Waals surface area contributed by atoms with Crippen molar-refractivity contribution in [3.63, 3.8) is 0 Å². The second-order valence-electron chi connectivity index (χ2n) is 10.3. The van der Waals surface area contributed by atoms with Gasteiger partial charge in [0.05, 0.1) is 17.9 Å². The van der Waals surface area contributed by atoms with Gasteiger partial charge < -0.3 is 9.64 Å². The number of hydrogen-bond donors (Lipinski definition) is 0. The Bertz CT molecular complexity index is 1320. The van der Waals surface area contributed by atoms with Crippen molar-refractivity contribution in [2.75, 3.05) is 13.1 Å². The summed E-state index contributed by atoms with van der Waals surface area (Å²) in [4.78, 5) is 17.9. The minimum Gasteiger partial charge on any atom is -0.476 e. The van der Waals surface area contributed by atoms with Gasteiger partial charge in [-0.15, -0.1) is 5.10 Å². The Hall–Kier alpha value is -3.11. The zero-order valence-corrected chi connectivity index (χ0v) is 23.6. The summed E-state index contributed by atoms with van der Waals surface area (Å²) >= 11 is 3.67. The molecule has 1 aromatic heterocycles. The number of carbonyl (C=O) groups is 1. The van der Waals surface area contributed by atoms with Crippen LogP contribution in [-0.2, 0) is 11.3 Å². The molecule has 0 bridgehead atoms. The summed E-state index contributed by atoms with van der Waals surface area (Å²) in [6, 6.07) is 12.7. The molecular weight excluding hydrogens is 568 g/mol. The average Bonchev–Trinajstić information content (AvgIpc) is 3.40. The monoisotopic (exact) mass is 599 g/mol. The molecule has 0 spiro atoms. The van der Waals surface area contributed by atoms with E-state index in [0.29, 0.717) is 25.2 Å². The highest BCUT2D eigenvalue weighted by atomic mass is 79.9. The first kappa shape index (κ1) is 27.5. The molecular formula is C29H32BrF2N5O2. The lowest BCUT2D eigenvalue weighted by Crippen LogP contribution is -2.58. The fourth-order valence-corrected chi connectivity index (χ4v) is 6.07. The molecule has 1 fully saturated rings. The van der Waals surface area contributed by atoms with Gasteiger partial charge in [0.1, 0.15) is 5.75 Å². The largest absolute Gasteiger partial charge is 0.476 e. The topological polar surface area (TPSA) is 63.5 Å². The van der Waals surface area contributed by atoms with E-state index in [9.17, 15) is 13.6 Å². The van der Waals surface area contributed by atoms with Crippen LogP contribution in [0.3, 0.4) is 0 Å². The van der Waals surface area contributed by atoms with E-state index in [2.05, 4.69) is 51.1 Å². The number of ether oxygens (including phenoxy) is 1. The van der Waals surface area contributed by atoms with Crippen LogP contribution in [0.25, 0.3) is 0 Å². The lowest BCUT2D eigenvalue weighted by atomic mass is 10.0. The Morgan fingerprint density at radius 3 is 2.54 bits per heavy atom. The molecule has 2 heterocycles. The summed E-state index contributed by atoms with van der Waals surface area (Å²) in [6.07, 6.45) is 6.47. The zero-order valence-electron chi connectivity index (χ0n) is 22.0. The van der Waals surface area contributed by atoms with E-state index in [1.807, 2.05) is 29.1 Å². The van der Waals surface area contributed by atoms with Crippen molar-refractivity contribution in [3.05, 3.63) is 88.2 Å². The third-order valence-electron chi connectivity index (χ3n) is 7.45. The molecule has 5 rings (SSSR count). The summed E-state index contributed by atoms with van der Waals surface area (Å²) in [5.74, 6) is -2.11.